The number of carbonyl (C=O) groups excluding carboxylic acids is 1. The molecule has 0 radical (unpaired) electrons. The fourth-order valence-corrected chi connectivity index (χ4v) is 2.24. The molecule has 0 saturated heterocycles. The van der Waals surface area contributed by atoms with Crippen LogP contribution in [0.25, 0.3) is 0 Å². The molecule has 2 rings (SSSR count). The summed E-state index contributed by atoms with van der Waals surface area (Å²) in [7, 11) is 0. The summed E-state index contributed by atoms with van der Waals surface area (Å²) in [6.07, 6.45) is 0.951. The Kier molecular flexibility index (Phi) is 7.68. The molecule has 0 spiro atoms. The van der Waals surface area contributed by atoms with Crippen molar-refractivity contribution >= 4 is 11.8 Å². The molecule has 2 aromatic rings. The van der Waals surface area contributed by atoms with E-state index < -0.39 is 17.0 Å². The summed E-state index contributed by atoms with van der Waals surface area (Å²) in [5.74, 6) is -0.951. The number of hydrogen-bond acceptors (Lipinski definition) is 4. The molecule has 0 aromatic heterocycles. The van der Waals surface area contributed by atoms with Gasteiger partial charge in [0.15, 0.2) is 0 Å². The van der Waals surface area contributed by atoms with E-state index in [1.807, 2.05) is 60.7 Å². The highest BCUT2D eigenvalue weighted by atomic mass is 16.4. The van der Waals surface area contributed by atoms with Gasteiger partial charge in [0, 0.05) is 6.42 Å². The van der Waals surface area contributed by atoms with E-state index in [1.165, 1.54) is 13.8 Å². The van der Waals surface area contributed by atoms with Crippen molar-refractivity contribution in [3.05, 3.63) is 71.8 Å². The molecule has 26 heavy (non-hydrogen) atoms. The number of carbonyl (C=O) groups is 2. The lowest BCUT2D eigenvalue weighted by molar-refractivity contribution is -0.142. The van der Waals surface area contributed by atoms with Crippen molar-refractivity contribution in [1.29, 1.82) is 0 Å². The van der Waals surface area contributed by atoms with Crippen LogP contribution in [-0.2, 0) is 22.4 Å². The monoisotopic (exact) mass is 356 g/mol. The second-order valence-corrected chi connectivity index (χ2v) is 7.02. The Labute approximate surface area is 155 Å². The number of ketones is 1. The van der Waals surface area contributed by atoms with Gasteiger partial charge in [-0.2, -0.15) is 0 Å². The number of aliphatic carboxylic acids is 1. The Morgan fingerprint density at radius 2 is 1.15 bits per heavy atom. The lowest BCUT2D eigenvalue weighted by Gasteiger charge is -2.20. The minimum absolute atomic E-state index is 0.0244. The van der Waals surface area contributed by atoms with Gasteiger partial charge in [-0.05, 0) is 38.3 Å². The predicted molar refractivity (Wildman–Crippen MR) is 104 cm³/mol. The van der Waals surface area contributed by atoms with E-state index in [-0.39, 0.29) is 5.78 Å². The molecule has 0 unspecified atom stereocenters. The highest BCUT2D eigenvalue weighted by Gasteiger charge is 2.27. The first kappa shape index (κ1) is 21.5. The second kappa shape index (κ2) is 9.27. The third-order valence-corrected chi connectivity index (χ3v) is 4.12. The molecule has 2 aromatic carbocycles. The van der Waals surface area contributed by atoms with Gasteiger partial charge in [0.1, 0.15) is 11.3 Å². The van der Waals surface area contributed by atoms with Crippen molar-refractivity contribution in [3.63, 3.8) is 0 Å². The second-order valence-electron chi connectivity index (χ2n) is 7.02. The average Bonchev–Trinajstić information content (AvgIpc) is 2.56. The van der Waals surface area contributed by atoms with Gasteiger partial charge >= 0.3 is 5.97 Å². The zero-order valence-electron chi connectivity index (χ0n) is 15.6. The minimum atomic E-state index is -1.18. The smallest absolute Gasteiger partial charge is 0.323 e. The first-order valence-electron chi connectivity index (χ1n) is 8.44. The van der Waals surface area contributed by atoms with Crippen LogP contribution in [0.1, 0.15) is 31.9 Å². The van der Waals surface area contributed by atoms with Crippen LogP contribution in [0, 0.1) is 0 Å². The molecule has 0 fully saturated rings. The molecule has 0 saturated carbocycles. The summed E-state index contributed by atoms with van der Waals surface area (Å²) in [6.45, 7) is 4.81. The van der Waals surface area contributed by atoms with E-state index in [0.717, 1.165) is 11.1 Å². The number of Topliss-reactive ketones (excluding diaryl/α,β-unsaturated/α-hetero) is 1. The topological polar surface area (TPSA) is 106 Å². The van der Waals surface area contributed by atoms with Gasteiger partial charge in [-0.15, -0.1) is 0 Å². The fourth-order valence-electron chi connectivity index (χ4n) is 2.24. The quantitative estimate of drug-likeness (QED) is 0.737. The van der Waals surface area contributed by atoms with Gasteiger partial charge in [0.2, 0.25) is 0 Å². The molecular formula is C21H28N2O3. The Bertz CT molecular complexity index is 647. The van der Waals surface area contributed by atoms with Crippen LogP contribution < -0.4 is 11.5 Å². The largest absolute Gasteiger partial charge is 0.480 e. The van der Waals surface area contributed by atoms with Gasteiger partial charge in [-0.1, -0.05) is 60.7 Å². The number of nitrogens with two attached hydrogens (primary N) is 2. The zero-order valence-corrected chi connectivity index (χ0v) is 15.6. The third-order valence-electron chi connectivity index (χ3n) is 4.12. The first-order chi connectivity index (χ1) is 12.0. The normalized spacial score (nSPS) is 15.0. The van der Waals surface area contributed by atoms with Crippen LogP contribution >= 0.6 is 0 Å². The van der Waals surface area contributed by atoms with Crippen molar-refractivity contribution in [1.82, 2.24) is 0 Å². The summed E-state index contributed by atoms with van der Waals surface area (Å²) < 4.78 is 0. The fraction of sp³-hybridized carbons (Fsp3) is 0.333. The molecule has 2 atom stereocenters. The summed E-state index contributed by atoms with van der Waals surface area (Å²) >= 11 is 0. The highest BCUT2D eigenvalue weighted by molar-refractivity contribution is 5.85. The van der Waals surface area contributed by atoms with Crippen molar-refractivity contribution in [2.24, 2.45) is 11.5 Å². The third kappa shape index (κ3) is 7.17. The van der Waals surface area contributed by atoms with Crippen LogP contribution in [0.15, 0.2) is 60.7 Å². The SMILES string of the molecule is CC(=O)[C@](C)(N)Cc1ccccc1.C[C@@](N)(Cc1ccccc1)C(=O)O. The summed E-state index contributed by atoms with van der Waals surface area (Å²) in [4.78, 5) is 21.8. The number of carboxylic acid groups (broad SMARTS) is 1. The number of carboxylic acids is 1. The van der Waals surface area contributed by atoms with Crippen LogP contribution in [0.5, 0.6) is 0 Å². The number of rotatable bonds is 6. The van der Waals surface area contributed by atoms with E-state index in [9.17, 15) is 9.59 Å². The molecule has 5 nitrogen and oxygen atoms in total. The van der Waals surface area contributed by atoms with E-state index in [4.69, 9.17) is 16.6 Å². The van der Waals surface area contributed by atoms with E-state index in [0.29, 0.717) is 12.8 Å². The van der Waals surface area contributed by atoms with E-state index in [2.05, 4.69) is 0 Å². The zero-order chi connectivity index (χ0) is 19.8. The molecule has 0 aliphatic rings. The molecule has 0 amide bonds. The highest BCUT2D eigenvalue weighted by Crippen LogP contribution is 2.11. The molecular weight excluding hydrogens is 328 g/mol. The Balaban J connectivity index is 0.000000260. The maximum Gasteiger partial charge on any atom is 0.323 e. The van der Waals surface area contributed by atoms with E-state index >= 15 is 0 Å². The maximum atomic E-state index is 11.1. The lowest BCUT2D eigenvalue weighted by atomic mass is 9.90. The van der Waals surface area contributed by atoms with Gasteiger partial charge < -0.3 is 16.6 Å². The van der Waals surface area contributed by atoms with Gasteiger partial charge in [0.25, 0.3) is 0 Å². The van der Waals surface area contributed by atoms with Gasteiger partial charge in [-0.25, -0.2) is 0 Å². The molecule has 5 N–H and O–H groups in total. The maximum absolute atomic E-state index is 11.1. The molecule has 0 aliphatic heterocycles. The van der Waals surface area contributed by atoms with Gasteiger partial charge in [-0.3, -0.25) is 9.59 Å². The summed E-state index contributed by atoms with van der Waals surface area (Å²) in [5, 5.41) is 8.78. The number of hydrogen-bond donors (Lipinski definition) is 3. The summed E-state index contributed by atoms with van der Waals surface area (Å²) in [5.41, 5.74) is 11.6. The van der Waals surface area contributed by atoms with Gasteiger partial charge in [0.05, 0.1) is 5.54 Å². The molecule has 140 valence electrons. The van der Waals surface area contributed by atoms with Crippen LogP contribution in [0.4, 0.5) is 0 Å². The standard InChI is InChI=1S/C11H15NO.C10H13NO2/c1-9(13)11(2,12)8-10-6-4-3-5-7-10;1-10(11,9(12)13)7-8-5-3-2-4-6-8/h3-7H,8,12H2,1-2H3;2-6H,7,11H2,1H3,(H,12,13)/t11-;10-/m11/s1. The van der Waals surface area contributed by atoms with Crippen molar-refractivity contribution in [2.75, 3.05) is 0 Å². The Hall–Kier alpha value is -2.50. The average molecular weight is 356 g/mol. The minimum Gasteiger partial charge on any atom is -0.480 e. The van der Waals surface area contributed by atoms with Crippen molar-refractivity contribution in [2.45, 2.75) is 44.7 Å². The lowest BCUT2D eigenvalue weighted by Crippen LogP contribution is -2.46. The Morgan fingerprint density at radius 3 is 1.46 bits per heavy atom. The molecule has 0 aliphatic carbocycles. The number of benzene rings is 2. The van der Waals surface area contributed by atoms with Crippen molar-refractivity contribution < 1.29 is 14.7 Å². The molecule has 0 heterocycles. The Morgan fingerprint density at radius 1 is 0.808 bits per heavy atom. The van der Waals surface area contributed by atoms with Crippen LogP contribution in [-0.4, -0.2) is 27.9 Å². The molecule has 5 heteroatoms. The first-order valence-corrected chi connectivity index (χ1v) is 8.44. The molecule has 0 bridgehead atoms. The summed E-state index contributed by atoms with van der Waals surface area (Å²) in [6, 6.07) is 19.2. The van der Waals surface area contributed by atoms with Crippen LogP contribution in [0.2, 0.25) is 0 Å². The van der Waals surface area contributed by atoms with Crippen molar-refractivity contribution in [3.8, 4) is 0 Å². The van der Waals surface area contributed by atoms with Crippen LogP contribution in [0.3, 0.4) is 0 Å². The predicted octanol–water partition coefficient (Wildman–Crippen LogP) is 2.57. The van der Waals surface area contributed by atoms with E-state index in [1.54, 1.807) is 6.92 Å².